The number of aromatic nitrogens is 3. The lowest BCUT2D eigenvalue weighted by Gasteiger charge is -2.09. The van der Waals surface area contributed by atoms with Gasteiger partial charge in [0.25, 0.3) is 0 Å². The van der Waals surface area contributed by atoms with Gasteiger partial charge < -0.3 is 11.1 Å². The average Bonchev–Trinajstić information content (AvgIpc) is 3.06. The van der Waals surface area contributed by atoms with Crippen LogP contribution in [0.1, 0.15) is 0 Å². The molecule has 0 aliphatic heterocycles. The van der Waals surface area contributed by atoms with Crippen LogP contribution in [0.2, 0.25) is 0 Å². The maximum atomic E-state index is 6.07. The molecule has 0 saturated heterocycles. The number of anilines is 3. The minimum Gasteiger partial charge on any atom is -0.397 e. The van der Waals surface area contributed by atoms with Crippen molar-refractivity contribution < 1.29 is 0 Å². The molecular weight excluding hydrogens is 270 g/mol. The number of H-pyrrole nitrogens is 1. The van der Waals surface area contributed by atoms with E-state index in [1.54, 1.807) is 17.5 Å². The van der Waals surface area contributed by atoms with E-state index >= 15 is 0 Å². The van der Waals surface area contributed by atoms with Gasteiger partial charge in [-0.2, -0.15) is 5.10 Å². The molecule has 2 aromatic carbocycles. The number of rotatable bonds is 2. The topological polar surface area (TPSA) is 79.6 Å². The predicted octanol–water partition coefficient (Wildman–Crippen LogP) is 3.50. The first-order chi connectivity index (χ1) is 9.79. The van der Waals surface area contributed by atoms with E-state index < -0.39 is 0 Å². The number of nitrogen functional groups attached to an aromatic ring is 1. The first-order valence-corrected chi connectivity index (χ1v) is 7.00. The third-order valence-electron chi connectivity index (χ3n) is 3.22. The van der Waals surface area contributed by atoms with E-state index in [4.69, 9.17) is 5.73 Å². The molecule has 0 bridgehead atoms. The normalized spacial score (nSPS) is 11.2. The van der Waals surface area contributed by atoms with Crippen molar-refractivity contribution in [2.45, 2.75) is 0 Å². The lowest BCUT2D eigenvalue weighted by Crippen LogP contribution is -1.96. The SMILES string of the molecule is Nc1cc2cn[nH]c2cc1Nc1ccc2ncsc2c1. The summed E-state index contributed by atoms with van der Waals surface area (Å²) in [6, 6.07) is 9.95. The highest BCUT2D eigenvalue weighted by Gasteiger charge is 2.05. The van der Waals surface area contributed by atoms with Gasteiger partial charge >= 0.3 is 0 Å². The number of fused-ring (bicyclic) bond motifs is 2. The second kappa shape index (κ2) is 4.21. The van der Waals surface area contributed by atoms with Crippen LogP contribution in [-0.4, -0.2) is 15.2 Å². The minimum atomic E-state index is 0.698. The van der Waals surface area contributed by atoms with Gasteiger partial charge in [-0.25, -0.2) is 4.98 Å². The van der Waals surface area contributed by atoms with Crippen LogP contribution in [0.15, 0.2) is 42.0 Å². The van der Waals surface area contributed by atoms with Crippen molar-refractivity contribution in [3.05, 3.63) is 42.0 Å². The van der Waals surface area contributed by atoms with E-state index in [0.717, 1.165) is 32.5 Å². The first kappa shape index (κ1) is 11.2. The Labute approximate surface area is 118 Å². The van der Waals surface area contributed by atoms with Gasteiger partial charge in [0.2, 0.25) is 0 Å². The summed E-state index contributed by atoms with van der Waals surface area (Å²) in [7, 11) is 0. The fourth-order valence-electron chi connectivity index (χ4n) is 2.21. The van der Waals surface area contributed by atoms with Gasteiger partial charge in [-0.05, 0) is 30.3 Å². The van der Waals surface area contributed by atoms with Gasteiger partial charge in [0.05, 0.1) is 38.8 Å². The maximum Gasteiger partial charge on any atom is 0.0813 e. The van der Waals surface area contributed by atoms with Crippen LogP contribution >= 0.6 is 11.3 Å². The highest BCUT2D eigenvalue weighted by atomic mass is 32.1. The van der Waals surface area contributed by atoms with Crippen LogP contribution in [0.25, 0.3) is 21.1 Å². The molecule has 0 saturated carbocycles. The standard InChI is InChI=1S/C14H11N5S/c15-10-3-8-6-17-19-12(8)5-13(10)18-9-1-2-11-14(4-9)20-7-16-11/h1-7,18H,15H2,(H,17,19). The summed E-state index contributed by atoms with van der Waals surface area (Å²) in [5.41, 5.74) is 12.4. The monoisotopic (exact) mass is 281 g/mol. The molecule has 4 rings (SSSR count). The summed E-state index contributed by atoms with van der Waals surface area (Å²) < 4.78 is 1.15. The van der Waals surface area contributed by atoms with E-state index in [1.807, 2.05) is 29.8 Å². The Balaban J connectivity index is 1.76. The van der Waals surface area contributed by atoms with Crippen LogP contribution in [0.3, 0.4) is 0 Å². The van der Waals surface area contributed by atoms with Crippen molar-refractivity contribution in [3.63, 3.8) is 0 Å². The molecular formula is C14H11N5S. The summed E-state index contributed by atoms with van der Waals surface area (Å²) in [6.07, 6.45) is 1.76. The Morgan fingerprint density at radius 2 is 2.15 bits per heavy atom. The van der Waals surface area contributed by atoms with E-state index in [1.165, 1.54) is 0 Å². The third kappa shape index (κ3) is 1.78. The second-order valence-corrected chi connectivity index (χ2v) is 5.44. The largest absolute Gasteiger partial charge is 0.397 e. The molecule has 0 fully saturated rings. The van der Waals surface area contributed by atoms with Crippen molar-refractivity contribution in [1.82, 2.24) is 15.2 Å². The molecule has 0 aliphatic carbocycles. The van der Waals surface area contributed by atoms with Crippen LogP contribution in [0.4, 0.5) is 17.1 Å². The molecule has 4 aromatic rings. The number of nitrogens with zero attached hydrogens (tertiary/aromatic N) is 2. The van der Waals surface area contributed by atoms with Crippen LogP contribution in [0.5, 0.6) is 0 Å². The van der Waals surface area contributed by atoms with Gasteiger partial charge in [-0.15, -0.1) is 11.3 Å². The Kier molecular flexibility index (Phi) is 2.37. The molecule has 6 heteroatoms. The number of hydrogen-bond acceptors (Lipinski definition) is 5. The number of thiazole rings is 1. The number of aromatic amines is 1. The third-order valence-corrected chi connectivity index (χ3v) is 4.01. The summed E-state index contributed by atoms with van der Waals surface area (Å²) >= 11 is 1.62. The molecule has 0 spiro atoms. The molecule has 2 heterocycles. The molecule has 0 aliphatic rings. The Hall–Kier alpha value is -2.60. The molecule has 0 unspecified atom stereocenters. The van der Waals surface area contributed by atoms with Crippen molar-refractivity contribution in [3.8, 4) is 0 Å². The van der Waals surface area contributed by atoms with Crippen LogP contribution in [-0.2, 0) is 0 Å². The van der Waals surface area contributed by atoms with Gasteiger partial charge in [-0.1, -0.05) is 0 Å². The Morgan fingerprint density at radius 3 is 3.10 bits per heavy atom. The number of benzene rings is 2. The second-order valence-electron chi connectivity index (χ2n) is 4.56. The lowest BCUT2D eigenvalue weighted by molar-refractivity contribution is 1.12. The molecule has 0 radical (unpaired) electrons. The molecule has 20 heavy (non-hydrogen) atoms. The smallest absolute Gasteiger partial charge is 0.0813 e. The molecule has 0 amide bonds. The minimum absolute atomic E-state index is 0.698. The molecule has 2 aromatic heterocycles. The highest BCUT2D eigenvalue weighted by Crippen LogP contribution is 2.29. The zero-order valence-electron chi connectivity index (χ0n) is 10.4. The van der Waals surface area contributed by atoms with E-state index in [9.17, 15) is 0 Å². The van der Waals surface area contributed by atoms with E-state index in [0.29, 0.717) is 5.69 Å². The van der Waals surface area contributed by atoms with Gasteiger partial charge in [-0.3, -0.25) is 5.10 Å². The first-order valence-electron chi connectivity index (χ1n) is 6.12. The molecule has 4 N–H and O–H groups in total. The number of nitrogens with two attached hydrogens (primary N) is 1. The number of hydrogen-bond donors (Lipinski definition) is 3. The van der Waals surface area contributed by atoms with Gasteiger partial charge in [0.15, 0.2) is 0 Å². The average molecular weight is 281 g/mol. The zero-order chi connectivity index (χ0) is 13.5. The van der Waals surface area contributed by atoms with Crippen molar-refractivity contribution >= 4 is 49.5 Å². The summed E-state index contributed by atoms with van der Waals surface area (Å²) in [6.45, 7) is 0. The summed E-state index contributed by atoms with van der Waals surface area (Å²) in [5.74, 6) is 0. The molecule has 0 atom stereocenters. The van der Waals surface area contributed by atoms with E-state index in [2.05, 4.69) is 26.6 Å². The number of nitrogens with one attached hydrogen (secondary N) is 2. The van der Waals surface area contributed by atoms with Gasteiger partial charge in [0.1, 0.15) is 0 Å². The maximum absolute atomic E-state index is 6.07. The fraction of sp³-hybridized carbons (Fsp3) is 0. The highest BCUT2D eigenvalue weighted by molar-refractivity contribution is 7.16. The molecule has 5 nitrogen and oxygen atoms in total. The zero-order valence-corrected chi connectivity index (χ0v) is 11.2. The summed E-state index contributed by atoms with van der Waals surface area (Å²) in [5, 5.41) is 11.3. The van der Waals surface area contributed by atoms with Gasteiger partial charge in [0, 0.05) is 11.1 Å². The Bertz CT molecular complexity index is 908. The van der Waals surface area contributed by atoms with Crippen molar-refractivity contribution in [1.29, 1.82) is 0 Å². The lowest BCUT2D eigenvalue weighted by atomic mass is 10.2. The van der Waals surface area contributed by atoms with Crippen LogP contribution < -0.4 is 11.1 Å². The van der Waals surface area contributed by atoms with E-state index in [-0.39, 0.29) is 0 Å². The predicted molar refractivity (Wildman–Crippen MR) is 83.4 cm³/mol. The summed E-state index contributed by atoms with van der Waals surface area (Å²) in [4.78, 5) is 4.27. The van der Waals surface area contributed by atoms with Crippen molar-refractivity contribution in [2.24, 2.45) is 0 Å². The van der Waals surface area contributed by atoms with Crippen LogP contribution in [0, 0.1) is 0 Å². The fourth-order valence-corrected chi connectivity index (χ4v) is 2.92. The molecule has 98 valence electrons. The van der Waals surface area contributed by atoms with Crippen molar-refractivity contribution in [2.75, 3.05) is 11.1 Å². The quantitative estimate of drug-likeness (QED) is 0.491. The Morgan fingerprint density at radius 1 is 1.20 bits per heavy atom.